The van der Waals surface area contributed by atoms with Crippen LogP contribution in [0.25, 0.3) is 10.4 Å². The molecule has 116 valence electrons. The van der Waals surface area contributed by atoms with Crippen LogP contribution in [-0.2, 0) is 11.3 Å². The number of nitrogens with one attached hydrogen (secondary N) is 1. The molecular weight excluding hydrogens is 290 g/mol. The molecule has 1 N–H and O–H groups in total. The van der Waals surface area contributed by atoms with E-state index in [4.69, 9.17) is 10.3 Å². The number of aliphatic imine (C=N–C) groups is 1. The van der Waals surface area contributed by atoms with Gasteiger partial charge in [-0.25, -0.2) is 4.99 Å². The highest BCUT2D eigenvalue weighted by molar-refractivity contribution is 5.95. The molecule has 0 amide bonds. The highest BCUT2D eigenvalue weighted by atomic mass is 16.5. The lowest BCUT2D eigenvalue weighted by atomic mass is 10.0. The number of rotatable bonds is 5. The molecule has 2 aromatic rings. The molecule has 23 heavy (non-hydrogen) atoms. The van der Waals surface area contributed by atoms with Gasteiger partial charge in [0.05, 0.1) is 6.54 Å². The Kier molecular flexibility index (Phi) is 4.57. The van der Waals surface area contributed by atoms with Gasteiger partial charge in [-0.05, 0) is 35.8 Å². The van der Waals surface area contributed by atoms with Crippen LogP contribution in [0.4, 0.5) is 0 Å². The van der Waals surface area contributed by atoms with Gasteiger partial charge >= 0.3 is 0 Å². The molecule has 2 aromatic carbocycles. The van der Waals surface area contributed by atoms with Crippen LogP contribution in [0.5, 0.6) is 0 Å². The summed E-state index contributed by atoms with van der Waals surface area (Å²) in [5, 5.41) is 6.85. The van der Waals surface area contributed by atoms with E-state index in [1.54, 1.807) is 0 Å². The number of ether oxygens (including phenoxy) is 1. The summed E-state index contributed by atoms with van der Waals surface area (Å²) in [6.07, 6.45) is -0.433. The summed E-state index contributed by atoms with van der Waals surface area (Å²) in [4.78, 5) is 7.48. The molecule has 0 bridgehead atoms. The molecule has 1 unspecified atom stereocenters. The Morgan fingerprint density at radius 1 is 1.17 bits per heavy atom. The van der Waals surface area contributed by atoms with E-state index in [9.17, 15) is 0 Å². The van der Waals surface area contributed by atoms with Gasteiger partial charge in [-0.3, -0.25) is 5.32 Å². The van der Waals surface area contributed by atoms with Crippen molar-refractivity contribution in [3.05, 3.63) is 81.7 Å². The second kappa shape index (κ2) is 6.96. The summed E-state index contributed by atoms with van der Waals surface area (Å²) in [6.45, 7) is 0.295. The van der Waals surface area contributed by atoms with Crippen molar-refractivity contribution in [2.45, 2.75) is 18.8 Å². The summed E-state index contributed by atoms with van der Waals surface area (Å²) in [5.74, 6) is 0.619. The molecule has 0 spiro atoms. The van der Waals surface area contributed by atoms with Crippen LogP contribution in [0.3, 0.4) is 0 Å². The van der Waals surface area contributed by atoms with Crippen molar-refractivity contribution in [2.24, 2.45) is 10.1 Å². The summed E-state index contributed by atoms with van der Waals surface area (Å²) in [6, 6.07) is 17.6. The minimum Gasteiger partial charge on any atom is -0.465 e. The van der Waals surface area contributed by atoms with Gasteiger partial charge in [-0.1, -0.05) is 47.6 Å². The van der Waals surface area contributed by atoms with Crippen molar-refractivity contribution in [3.8, 4) is 0 Å². The lowest BCUT2D eigenvalue weighted by molar-refractivity contribution is 0.184. The fourth-order valence-corrected chi connectivity index (χ4v) is 2.65. The molecule has 3 rings (SSSR count). The van der Waals surface area contributed by atoms with Crippen molar-refractivity contribution in [3.63, 3.8) is 0 Å². The predicted molar refractivity (Wildman–Crippen MR) is 88.9 cm³/mol. The Bertz CT molecular complexity index is 753. The Balaban J connectivity index is 1.91. The first-order valence-corrected chi connectivity index (χ1v) is 7.39. The van der Waals surface area contributed by atoms with E-state index in [-0.39, 0.29) is 12.3 Å². The van der Waals surface area contributed by atoms with E-state index in [0.717, 1.165) is 16.7 Å². The third-order valence-corrected chi connectivity index (χ3v) is 3.76. The lowest BCUT2D eigenvalue weighted by Crippen LogP contribution is -2.28. The number of likely N-dealkylation sites (N-methyl/N-ethyl adjacent to an activating group) is 1. The topological polar surface area (TPSA) is 82.4 Å². The number of benzene rings is 2. The third-order valence-electron chi connectivity index (χ3n) is 3.76. The van der Waals surface area contributed by atoms with E-state index in [2.05, 4.69) is 20.3 Å². The number of azide groups is 1. The van der Waals surface area contributed by atoms with Gasteiger partial charge < -0.3 is 4.74 Å². The molecular formula is C17H17N5O. The quantitative estimate of drug-likeness (QED) is 0.520. The molecule has 0 aliphatic carbocycles. The van der Waals surface area contributed by atoms with Crippen LogP contribution in [0, 0.1) is 0 Å². The van der Waals surface area contributed by atoms with Crippen molar-refractivity contribution in [2.75, 3.05) is 7.05 Å². The van der Waals surface area contributed by atoms with Crippen LogP contribution in [0.2, 0.25) is 0 Å². The highest BCUT2D eigenvalue weighted by Crippen LogP contribution is 2.32. The summed E-state index contributed by atoms with van der Waals surface area (Å²) in [5.41, 5.74) is 11.4. The monoisotopic (exact) mass is 307 g/mol. The van der Waals surface area contributed by atoms with E-state index in [0.29, 0.717) is 12.4 Å². The second-order valence-corrected chi connectivity index (χ2v) is 5.16. The minimum atomic E-state index is -0.250. The summed E-state index contributed by atoms with van der Waals surface area (Å²) >= 11 is 0. The first-order valence-electron chi connectivity index (χ1n) is 7.39. The van der Waals surface area contributed by atoms with Gasteiger partial charge in [0.25, 0.3) is 0 Å². The van der Waals surface area contributed by atoms with Gasteiger partial charge in [-0.2, -0.15) is 0 Å². The second-order valence-electron chi connectivity index (χ2n) is 5.16. The molecule has 0 saturated carbocycles. The van der Waals surface area contributed by atoms with E-state index >= 15 is 0 Å². The molecule has 1 aliphatic rings. The van der Waals surface area contributed by atoms with Crippen molar-refractivity contribution < 1.29 is 4.74 Å². The van der Waals surface area contributed by atoms with Crippen molar-refractivity contribution in [1.82, 2.24) is 5.32 Å². The number of nitrogens with zero attached hydrogens (tertiary/aromatic N) is 4. The zero-order chi connectivity index (χ0) is 16.1. The van der Waals surface area contributed by atoms with Crippen molar-refractivity contribution in [1.29, 1.82) is 0 Å². The van der Waals surface area contributed by atoms with Gasteiger partial charge in [-0.15, -0.1) is 0 Å². The zero-order valence-corrected chi connectivity index (χ0v) is 12.8. The maximum Gasteiger partial charge on any atom is 0.218 e. The SMILES string of the molecule is CNC1N=C(c2ccccc2)O[C@H]1c1ccccc1CN=[N+]=[N-]. The minimum absolute atomic E-state index is 0.183. The van der Waals surface area contributed by atoms with Crippen molar-refractivity contribution >= 4 is 5.90 Å². The summed E-state index contributed by atoms with van der Waals surface area (Å²) < 4.78 is 6.11. The highest BCUT2D eigenvalue weighted by Gasteiger charge is 2.33. The Hall–Kier alpha value is -2.82. The molecule has 0 radical (unpaired) electrons. The standard InChI is InChI=1S/C17H17N5O/c1-19-16-15(14-10-6-5-9-13(14)11-20-22-18)23-17(21-16)12-7-3-2-4-8-12/h2-10,15-16,19H,11H2,1H3/t15-,16?/m0/s1. The van der Waals surface area contributed by atoms with Crippen LogP contribution in [-0.4, -0.2) is 19.1 Å². The third kappa shape index (κ3) is 3.18. The van der Waals surface area contributed by atoms with Gasteiger partial charge in [0, 0.05) is 10.5 Å². The normalized spacial score (nSPS) is 19.6. The zero-order valence-electron chi connectivity index (χ0n) is 12.8. The first-order chi connectivity index (χ1) is 11.3. The smallest absolute Gasteiger partial charge is 0.218 e. The lowest BCUT2D eigenvalue weighted by Gasteiger charge is -2.20. The first kappa shape index (κ1) is 15.1. The number of hydrogen-bond acceptors (Lipinski definition) is 4. The average molecular weight is 307 g/mol. The maximum atomic E-state index is 8.56. The Morgan fingerprint density at radius 2 is 1.91 bits per heavy atom. The molecule has 0 saturated heterocycles. The van der Waals surface area contributed by atoms with Gasteiger partial charge in [0.2, 0.25) is 5.90 Å². The van der Waals surface area contributed by atoms with Gasteiger partial charge in [0.1, 0.15) is 6.17 Å². The van der Waals surface area contributed by atoms with Crippen LogP contribution in [0.15, 0.2) is 64.7 Å². The predicted octanol–water partition coefficient (Wildman–Crippen LogP) is 3.56. The molecule has 1 heterocycles. The molecule has 0 fully saturated rings. The fraction of sp³-hybridized carbons (Fsp3) is 0.235. The molecule has 1 aliphatic heterocycles. The van der Waals surface area contributed by atoms with Gasteiger partial charge in [0.15, 0.2) is 6.10 Å². The van der Waals surface area contributed by atoms with E-state index in [1.807, 2.05) is 61.6 Å². The number of hydrogen-bond donors (Lipinski definition) is 1. The molecule has 6 heteroatoms. The fourth-order valence-electron chi connectivity index (χ4n) is 2.65. The molecule has 0 aromatic heterocycles. The van der Waals surface area contributed by atoms with Crippen LogP contribution in [0.1, 0.15) is 22.8 Å². The Labute approximate surface area is 134 Å². The molecule has 6 nitrogen and oxygen atoms in total. The molecule has 2 atom stereocenters. The van der Waals surface area contributed by atoms with E-state index < -0.39 is 0 Å². The maximum absolute atomic E-state index is 8.56. The average Bonchev–Trinajstić information content (AvgIpc) is 3.05. The van der Waals surface area contributed by atoms with Crippen LogP contribution >= 0.6 is 0 Å². The van der Waals surface area contributed by atoms with Crippen LogP contribution < -0.4 is 5.32 Å². The van der Waals surface area contributed by atoms with E-state index in [1.165, 1.54) is 0 Å². The Morgan fingerprint density at radius 3 is 2.65 bits per heavy atom. The largest absolute Gasteiger partial charge is 0.465 e. The summed E-state index contributed by atoms with van der Waals surface area (Å²) in [7, 11) is 1.86.